The molecule has 3 heterocycles. The highest BCUT2D eigenvalue weighted by Crippen LogP contribution is 2.58. The molecule has 1 spiro atoms. The molecule has 1 saturated carbocycles. The molecule has 13 nitrogen and oxygen atoms in total. The maximum absolute atomic E-state index is 14.3. The Bertz CT molecular complexity index is 1520. The number of hydroxylamine groups is 2. The second-order valence-electron chi connectivity index (χ2n) is 12.6. The van der Waals surface area contributed by atoms with Gasteiger partial charge in [0, 0.05) is 38.8 Å². The number of fused-ring (bicyclic) bond motifs is 5. The van der Waals surface area contributed by atoms with Crippen LogP contribution < -0.4 is 10.6 Å². The zero-order valence-corrected chi connectivity index (χ0v) is 25.8. The number of aliphatic hydroxyl groups is 2. The molecule has 0 unspecified atom stereocenters. The molecule has 250 valence electrons. The van der Waals surface area contributed by atoms with Crippen LogP contribution in [0.25, 0.3) is 6.08 Å². The third kappa shape index (κ3) is 5.81. The van der Waals surface area contributed by atoms with Gasteiger partial charge in [0.2, 0.25) is 11.8 Å². The summed E-state index contributed by atoms with van der Waals surface area (Å²) in [6, 6.07) is 14.6. The molecule has 2 bridgehead atoms. The largest absolute Gasteiger partial charge is 0.499 e. The molecule has 3 aliphatic heterocycles. The number of nitrogens with one attached hydrogen (secondary N) is 2. The van der Waals surface area contributed by atoms with Crippen LogP contribution in [0.5, 0.6) is 0 Å². The first-order valence-electron chi connectivity index (χ1n) is 16.1. The number of nitrogens with zero attached hydrogens (tertiary/aromatic N) is 1. The van der Waals surface area contributed by atoms with Crippen LogP contribution in [0, 0.1) is 5.41 Å². The average Bonchev–Trinajstić information content (AvgIpc) is 3.73. The highest BCUT2D eigenvalue weighted by Gasteiger charge is 2.76. The summed E-state index contributed by atoms with van der Waals surface area (Å²) in [6.07, 6.45) is 1.60. The smallest absolute Gasteiger partial charge is 0.327 e. The first kappa shape index (κ1) is 31.7. The van der Waals surface area contributed by atoms with E-state index in [1.807, 2.05) is 36.4 Å². The minimum absolute atomic E-state index is 0.00492. The lowest BCUT2D eigenvalue weighted by atomic mass is 9.62. The zero-order valence-electron chi connectivity index (χ0n) is 25.8. The fourth-order valence-corrected chi connectivity index (χ4v) is 7.72. The van der Waals surface area contributed by atoms with Gasteiger partial charge in [0.25, 0.3) is 0 Å². The lowest BCUT2D eigenvalue weighted by Crippen LogP contribution is -2.69. The van der Waals surface area contributed by atoms with Crippen LogP contribution >= 0.6 is 0 Å². The monoisotopic (exact) mass is 649 g/mol. The lowest BCUT2D eigenvalue weighted by molar-refractivity contribution is -0.217. The van der Waals surface area contributed by atoms with Gasteiger partial charge in [0.15, 0.2) is 11.8 Å². The maximum atomic E-state index is 14.3. The molecule has 2 aliphatic carbocycles. The summed E-state index contributed by atoms with van der Waals surface area (Å²) in [4.78, 5) is 47.0. The van der Waals surface area contributed by atoms with E-state index in [-0.39, 0.29) is 58.2 Å². The molecule has 0 aromatic heterocycles. The van der Waals surface area contributed by atoms with Crippen LogP contribution in [0.1, 0.15) is 35.1 Å². The van der Waals surface area contributed by atoms with Crippen molar-refractivity contribution < 1.29 is 48.4 Å². The van der Waals surface area contributed by atoms with E-state index < -0.39 is 53.5 Å². The molecule has 2 aromatic carbocycles. The van der Waals surface area contributed by atoms with Crippen molar-refractivity contribution in [2.45, 2.75) is 68.5 Å². The van der Waals surface area contributed by atoms with Gasteiger partial charge in [0.1, 0.15) is 36.4 Å². The zero-order chi connectivity index (χ0) is 32.6. The predicted octanol–water partition coefficient (Wildman–Crippen LogP) is 0.360. The van der Waals surface area contributed by atoms with Crippen LogP contribution in [0.2, 0.25) is 0 Å². The molecule has 0 radical (unpaired) electrons. The van der Waals surface area contributed by atoms with Crippen molar-refractivity contribution in [3.63, 3.8) is 0 Å². The van der Waals surface area contributed by atoms with Crippen molar-refractivity contribution in [1.82, 2.24) is 15.7 Å². The Morgan fingerprint density at radius 2 is 1.79 bits per heavy atom. The number of carbonyl (C=O) groups excluding carboxylic acids is 3. The van der Waals surface area contributed by atoms with E-state index in [4.69, 9.17) is 34.0 Å². The van der Waals surface area contributed by atoms with Crippen LogP contribution in [-0.2, 0) is 57.6 Å². The number of esters is 1. The summed E-state index contributed by atoms with van der Waals surface area (Å²) in [6.45, 7) is 0.239. The molecular weight excluding hydrogens is 610 g/mol. The number of hydrogen-bond donors (Lipinski definition) is 4. The lowest BCUT2D eigenvalue weighted by Gasteiger charge is -2.48. The van der Waals surface area contributed by atoms with Crippen molar-refractivity contribution in [1.29, 1.82) is 0 Å². The SMILES string of the molecule is O=C(CCNC(=O)[C@@]12C[C@H]3OC(=O)[C@@H]1N(Cc1cccc(C=COCCO)c1)O[C@@H]2[C@H]1OC2(Cc4ccccc4C2)O[C@H]13)NCCO. The van der Waals surface area contributed by atoms with Crippen molar-refractivity contribution in [2.24, 2.45) is 5.41 Å². The second kappa shape index (κ2) is 13.0. The summed E-state index contributed by atoms with van der Waals surface area (Å²) in [5.74, 6) is -2.27. The highest BCUT2D eigenvalue weighted by atomic mass is 16.8. The van der Waals surface area contributed by atoms with Gasteiger partial charge in [-0.1, -0.05) is 48.5 Å². The van der Waals surface area contributed by atoms with Crippen molar-refractivity contribution >= 4 is 23.9 Å². The van der Waals surface area contributed by atoms with Gasteiger partial charge in [-0.25, -0.2) is 0 Å². The molecule has 7 rings (SSSR count). The maximum Gasteiger partial charge on any atom is 0.327 e. The Kier molecular flexibility index (Phi) is 8.76. The third-order valence-electron chi connectivity index (χ3n) is 9.64. The van der Waals surface area contributed by atoms with Crippen LogP contribution in [-0.4, -0.2) is 102 Å². The number of aliphatic hydroxyl groups excluding tert-OH is 2. The molecule has 3 saturated heterocycles. The van der Waals surface area contributed by atoms with Gasteiger partial charge in [0.05, 0.1) is 26.0 Å². The van der Waals surface area contributed by atoms with Gasteiger partial charge in [-0.15, -0.1) is 0 Å². The van der Waals surface area contributed by atoms with Crippen molar-refractivity contribution in [2.75, 3.05) is 32.9 Å². The number of benzene rings is 2. The fraction of sp³-hybridized carbons (Fsp3) is 0.500. The van der Waals surface area contributed by atoms with Crippen molar-refractivity contribution in [3.05, 3.63) is 77.0 Å². The number of rotatable bonds is 12. The van der Waals surface area contributed by atoms with E-state index in [2.05, 4.69) is 22.8 Å². The predicted molar refractivity (Wildman–Crippen MR) is 164 cm³/mol. The summed E-state index contributed by atoms with van der Waals surface area (Å²) >= 11 is 0. The second-order valence-corrected chi connectivity index (χ2v) is 12.6. The summed E-state index contributed by atoms with van der Waals surface area (Å²) in [5, 5.41) is 25.0. The molecule has 4 N–H and O–H groups in total. The van der Waals surface area contributed by atoms with Crippen molar-refractivity contribution in [3.8, 4) is 0 Å². The minimum Gasteiger partial charge on any atom is -0.499 e. The van der Waals surface area contributed by atoms with E-state index >= 15 is 0 Å². The van der Waals surface area contributed by atoms with E-state index in [1.54, 1.807) is 6.08 Å². The molecular formula is C34H39N3O10. The first-order valence-corrected chi connectivity index (χ1v) is 16.1. The molecule has 2 aromatic rings. The van der Waals surface area contributed by atoms with E-state index in [0.29, 0.717) is 12.8 Å². The van der Waals surface area contributed by atoms with Gasteiger partial charge >= 0.3 is 5.97 Å². The number of ether oxygens (including phenoxy) is 4. The van der Waals surface area contributed by atoms with Gasteiger partial charge in [-0.3, -0.25) is 19.2 Å². The number of amides is 2. The molecule has 47 heavy (non-hydrogen) atoms. The Labute approximate surface area is 271 Å². The topological polar surface area (TPSA) is 165 Å². The normalized spacial score (nSPS) is 29.8. The molecule has 5 aliphatic rings. The Morgan fingerprint density at radius 1 is 1.00 bits per heavy atom. The average molecular weight is 650 g/mol. The van der Waals surface area contributed by atoms with Crippen LogP contribution in [0.4, 0.5) is 0 Å². The van der Waals surface area contributed by atoms with E-state index in [0.717, 1.165) is 22.3 Å². The fourth-order valence-electron chi connectivity index (χ4n) is 7.72. The molecule has 6 atom stereocenters. The van der Waals surface area contributed by atoms with Gasteiger partial charge < -0.3 is 39.8 Å². The van der Waals surface area contributed by atoms with Gasteiger partial charge in [-0.05, 0) is 28.3 Å². The molecule has 4 fully saturated rings. The quantitative estimate of drug-likeness (QED) is 0.143. The van der Waals surface area contributed by atoms with Gasteiger partial charge in [-0.2, -0.15) is 5.06 Å². The Balaban J connectivity index is 1.17. The summed E-state index contributed by atoms with van der Waals surface area (Å²) < 4.78 is 24.7. The van der Waals surface area contributed by atoms with Crippen LogP contribution in [0.3, 0.4) is 0 Å². The standard InChI is InChI=1S/C34H39N3O10/c38-12-11-35-26(40)8-10-36-32(42)34-19-25-27-28(46-33(45-27)17-23-6-1-2-7-24(23)18-33)30(34)47-37(29(34)31(41)44-25)20-22-5-3-4-21(16-22)9-14-43-15-13-39/h1-7,9,14,16,25,27-30,38-39H,8,10-13,15,17-20H2,(H,35,40)(H,36,42)/t25-,27+,28+,29+,30-,34+/m1/s1. The third-order valence-corrected chi connectivity index (χ3v) is 9.64. The first-order chi connectivity index (χ1) is 22.9. The molecule has 2 amide bonds. The number of hydrogen-bond acceptors (Lipinski definition) is 11. The summed E-state index contributed by atoms with van der Waals surface area (Å²) in [5.41, 5.74) is 2.55. The summed E-state index contributed by atoms with van der Waals surface area (Å²) in [7, 11) is 0. The molecule has 13 heteroatoms. The van der Waals surface area contributed by atoms with Crippen LogP contribution in [0.15, 0.2) is 54.8 Å². The van der Waals surface area contributed by atoms with E-state index in [1.165, 1.54) is 11.3 Å². The Morgan fingerprint density at radius 3 is 2.55 bits per heavy atom. The minimum atomic E-state index is -1.36. The highest BCUT2D eigenvalue weighted by molar-refractivity contribution is 5.94. The Hall–Kier alpha value is -3.85. The van der Waals surface area contributed by atoms with E-state index in [9.17, 15) is 14.4 Å². The number of carbonyl (C=O) groups is 3.